The molecule has 174 valence electrons. The number of halogens is 2. The molecule has 0 aliphatic carbocycles. The Hall–Kier alpha value is -2.40. The summed E-state index contributed by atoms with van der Waals surface area (Å²) in [6.45, 7) is 2.03. The van der Waals surface area contributed by atoms with E-state index in [2.05, 4.69) is 31.9 Å². The third-order valence-corrected chi connectivity index (χ3v) is 8.47. The van der Waals surface area contributed by atoms with Crippen molar-refractivity contribution < 1.29 is 22.2 Å². The van der Waals surface area contributed by atoms with E-state index in [-0.39, 0.29) is 33.2 Å². The highest BCUT2D eigenvalue weighted by Crippen LogP contribution is 2.36. The molecule has 4 rings (SSSR count). The predicted molar refractivity (Wildman–Crippen MR) is 139 cm³/mol. The number of hydrogen-bond donors (Lipinski definition) is 0. The summed E-state index contributed by atoms with van der Waals surface area (Å²) in [5.74, 6) is -0.274. The molecule has 0 unspecified atom stereocenters. The zero-order valence-corrected chi connectivity index (χ0v) is 22.5. The molecule has 10 heteroatoms. The third-order valence-electron chi connectivity index (χ3n) is 4.92. The van der Waals surface area contributed by atoms with Gasteiger partial charge < -0.3 is 4.18 Å². The van der Waals surface area contributed by atoms with Crippen LogP contribution in [-0.2, 0) is 21.5 Å². The summed E-state index contributed by atoms with van der Waals surface area (Å²) < 4.78 is 31.6. The minimum Gasteiger partial charge on any atom is -0.378 e. The van der Waals surface area contributed by atoms with E-state index in [1.807, 2.05) is 31.2 Å². The van der Waals surface area contributed by atoms with Gasteiger partial charge in [-0.1, -0.05) is 57.9 Å². The average molecular weight is 623 g/mol. The Balaban J connectivity index is 1.52. The zero-order chi connectivity index (χ0) is 24.5. The topological polar surface area (TPSA) is 80.8 Å². The SMILES string of the molecule is Cc1ccc(S(=O)(=O)Oc2ccc(/C=C3\SC(=O)N(Cc4ccccc4Br)C3=O)cc2Br)cc1. The van der Waals surface area contributed by atoms with Crippen molar-refractivity contribution in [1.29, 1.82) is 0 Å². The van der Waals surface area contributed by atoms with Crippen molar-refractivity contribution in [3.8, 4) is 5.75 Å². The van der Waals surface area contributed by atoms with Crippen molar-refractivity contribution in [2.75, 3.05) is 0 Å². The van der Waals surface area contributed by atoms with Crippen LogP contribution in [0.15, 0.2) is 85.5 Å². The van der Waals surface area contributed by atoms with Crippen LogP contribution in [0.4, 0.5) is 4.79 Å². The van der Waals surface area contributed by atoms with Crippen LogP contribution in [-0.4, -0.2) is 24.5 Å². The maximum absolute atomic E-state index is 12.8. The molecule has 1 fully saturated rings. The van der Waals surface area contributed by atoms with E-state index in [9.17, 15) is 18.0 Å². The van der Waals surface area contributed by atoms with Gasteiger partial charge in [0.15, 0.2) is 5.75 Å². The van der Waals surface area contributed by atoms with Gasteiger partial charge in [0.05, 0.1) is 15.9 Å². The monoisotopic (exact) mass is 621 g/mol. The molecule has 6 nitrogen and oxygen atoms in total. The number of carbonyl (C=O) groups excluding carboxylic acids is 2. The van der Waals surface area contributed by atoms with Crippen molar-refractivity contribution in [3.63, 3.8) is 0 Å². The molecule has 1 saturated heterocycles. The van der Waals surface area contributed by atoms with Gasteiger partial charge in [-0.25, -0.2) is 0 Å². The fourth-order valence-corrected chi connectivity index (χ4v) is 5.91. The first-order valence-electron chi connectivity index (χ1n) is 9.93. The van der Waals surface area contributed by atoms with E-state index in [0.29, 0.717) is 10.0 Å². The lowest BCUT2D eigenvalue weighted by atomic mass is 10.2. The summed E-state index contributed by atoms with van der Waals surface area (Å²) in [4.78, 5) is 26.8. The van der Waals surface area contributed by atoms with E-state index in [0.717, 1.165) is 27.4 Å². The van der Waals surface area contributed by atoms with E-state index >= 15 is 0 Å². The number of benzene rings is 3. The summed E-state index contributed by atoms with van der Waals surface area (Å²) in [5, 5.41) is -0.352. The molecule has 0 radical (unpaired) electrons. The van der Waals surface area contributed by atoms with Gasteiger partial charge in [0.25, 0.3) is 11.1 Å². The van der Waals surface area contributed by atoms with Crippen molar-refractivity contribution in [2.45, 2.75) is 18.4 Å². The number of imide groups is 1. The Labute approximate surface area is 218 Å². The van der Waals surface area contributed by atoms with Crippen LogP contribution in [0.5, 0.6) is 5.75 Å². The molecule has 0 atom stereocenters. The van der Waals surface area contributed by atoms with Gasteiger partial charge in [-0.05, 0) is 82.2 Å². The van der Waals surface area contributed by atoms with Crippen LogP contribution in [0.3, 0.4) is 0 Å². The molecule has 3 aromatic rings. The first kappa shape index (κ1) is 24.7. The van der Waals surface area contributed by atoms with Gasteiger partial charge in [-0.2, -0.15) is 8.42 Å². The Bertz CT molecular complexity index is 1420. The lowest BCUT2D eigenvalue weighted by Crippen LogP contribution is -2.27. The highest BCUT2D eigenvalue weighted by molar-refractivity contribution is 9.10. The number of rotatable bonds is 6. The standard InChI is InChI=1S/C24H17Br2NO5S2/c1-15-6-9-18(10-7-15)34(30,31)32-21-11-8-16(12-20(21)26)13-22-23(28)27(24(29)33-22)14-17-4-2-3-5-19(17)25/h2-13H,14H2,1H3/b22-13-. The normalized spacial score (nSPS) is 15.3. The van der Waals surface area contributed by atoms with Crippen LogP contribution in [0.1, 0.15) is 16.7 Å². The highest BCUT2D eigenvalue weighted by atomic mass is 79.9. The summed E-state index contributed by atoms with van der Waals surface area (Å²) >= 11 is 7.63. The van der Waals surface area contributed by atoms with Gasteiger partial charge in [-0.3, -0.25) is 14.5 Å². The van der Waals surface area contributed by atoms with Crippen molar-refractivity contribution >= 4 is 71.0 Å². The second-order valence-electron chi connectivity index (χ2n) is 7.40. The van der Waals surface area contributed by atoms with Crippen LogP contribution in [0, 0.1) is 6.92 Å². The summed E-state index contributed by atoms with van der Waals surface area (Å²) in [6.07, 6.45) is 1.59. The van der Waals surface area contributed by atoms with Crippen molar-refractivity contribution in [1.82, 2.24) is 4.90 Å². The quantitative estimate of drug-likeness (QED) is 0.230. The van der Waals surface area contributed by atoms with Crippen molar-refractivity contribution in [2.24, 2.45) is 0 Å². The average Bonchev–Trinajstić information content (AvgIpc) is 3.04. The maximum atomic E-state index is 12.8. The van der Waals surface area contributed by atoms with Crippen LogP contribution in [0.25, 0.3) is 6.08 Å². The molecule has 1 heterocycles. The number of thioether (sulfide) groups is 1. The Morgan fingerprint density at radius 2 is 1.68 bits per heavy atom. The van der Waals surface area contributed by atoms with Gasteiger partial charge >= 0.3 is 10.1 Å². The second kappa shape index (κ2) is 10.1. The zero-order valence-electron chi connectivity index (χ0n) is 17.7. The van der Waals surface area contributed by atoms with Crippen LogP contribution < -0.4 is 4.18 Å². The van der Waals surface area contributed by atoms with E-state index < -0.39 is 10.1 Å². The Morgan fingerprint density at radius 3 is 2.35 bits per heavy atom. The Kier molecular flexibility index (Phi) is 7.32. The van der Waals surface area contributed by atoms with Gasteiger partial charge in [0.1, 0.15) is 4.90 Å². The first-order chi connectivity index (χ1) is 16.1. The molecule has 0 N–H and O–H groups in total. The molecule has 34 heavy (non-hydrogen) atoms. The van der Waals surface area contributed by atoms with E-state index in [4.69, 9.17) is 4.18 Å². The van der Waals surface area contributed by atoms with Crippen LogP contribution >= 0.6 is 43.6 Å². The van der Waals surface area contributed by atoms with Gasteiger partial charge in [0, 0.05) is 4.47 Å². The van der Waals surface area contributed by atoms with Gasteiger partial charge in [0.2, 0.25) is 0 Å². The minimum absolute atomic E-state index is 0.0489. The number of hydrogen-bond acceptors (Lipinski definition) is 6. The van der Waals surface area contributed by atoms with Crippen molar-refractivity contribution in [3.05, 3.63) is 97.3 Å². The smallest absolute Gasteiger partial charge is 0.339 e. The largest absolute Gasteiger partial charge is 0.378 e. The fraction of sp³-hybridized carbons (Fsp3) is 0.0833. The fourth-order valence-electron chi connectivity index (χ4n) is 3.13. The van der Waals surface area contributed by atoms with Gasteiger partial charge in [-0.15, -0.1) is 0 Å². The molecule has 3 aromatic carbocycles. The van der Waals surface area contributed by atoms with Crippen LogP contribution in [0.2, 0.25) is 0 Å². The molecule has 0 saturated carbocycles. The minimum atomic E-state index is -4.00. The maximum Gasteiger partial charge on any atom is 0.339 e. The third kappa shape index (κ3) is 5.46. The predicted octanol–water partition coefficient (Wildman–Crippen LogP) is 6.52. The summed E-state index contributed by atoms with van der Waals surface area (Å²) in [7, 11) is -4.00. The summed E-state index contributed by atoms with van der Waals surface area (Å²) in [6, 6.07) is 18.5. The van der Waals surface area contributed by atoms with E-state index in [1.165, 1.54) is 23.1 Å². The molecule has 0 spiro atoms. The molecule has 1 aliphatic heterocycles. The molecular weight excluding hydrogens is 606 g/mol. The highest BCUT2D eigenvalue weighted by Gasteiger charge is 2.35. The second-order valence-corrected chi connectivity index (χ2v) is 11.6. The molecule has 0 aromatic heterocycles. The molecular formula is C24H17Br2NO5S2. The number of amides is 2. The Morgan fingerprint density at radius 1 is 0.971 bits per heavy atom. The summed E-state index contributed by atoms with van der Waals surface area (Å²) in [5.41, 5.74) is 2.37. The number of carbonyl (C=O) groups is 2. The lowest BCUT2D eigenvalue weighted by molar-refractivity contribution is -0.123. The molecule has 1 aliphatic rings. The van der Waals surface area contributed by atoms with E-state index in [1.54, 1.807) is 30.3 Å². The molecule has 2 amide bonds. The number of nitrogens with zero attached hydrogens (tertiary/aromatic N) is 1. The molecule has 0 bridgehead atoms. The number of aryl methyl sites for hydroxylation is 1. The lowest BCUT2D eigenvalue weighted by Gasteiger charge is -2.13. The first-order valence-corrected chi connectivity index (χ1v) is 13.7.